The number of thiophene rings is 1. The summed E-state index contributed by atoms with van der Waals surface area (Å²) in [4.78, 5) is 7.12. The van der Waals surface area contributed by atoms with Crippen LogP contribution in [-0.2, 0) is 13.1 Å². The van der Waals surface area contributed by atoms with Crippen LogP contribution in [0.5, 0.6) is 0 Å². The molecule has 0 saturated heterocycles. The topological polar surface area (TPSA) is 24.9 Å². The molecule has 0 fully saturated rings. The number of halogens is 1. The first kappa shape index (κ1) is 12.7. The maximum absolute atomic E-state index is 4.33. The lowest BCUT2D eigenvalue weighted by Crippen LogP contribution is -2.12. The molecule has 2 aromatic heterocycles. The molecule has 0 atom stereocenters. The van der Waals surface area contributed by atoms with Crippen LogP contribution in [0.3, 0.4) is 0 Å². The first-order chi connectivity index (χ1) is 8.15. The lowest BCUT2D eigenvalue weighted by molar-refractivity contribution is 0.686. The Morgan fingerprint density at radius 1 is 1.29 bits per heavy atom. The van der Waals surface area contributed by atoms with E-state index in [1.165, 1.54) is 15.3 Å². The average molecular weight is 311 g/mol. The van der Waals surface area contributed by atoms with Crippen molar-refractivity contribution in [3.63, 3.8) is 0 Å². The van der Waals surface area contributed by atoms with E-state index < -0.39 is 0 Å². The molecule has 0 radical (unpaired) electrons. The van der Waals surface area contributed by atoms with Gasteiger partial charge in [-0.05, 0) is 53.5 Å². The lowest BCUT2D eigenvalue weighted by atomic mass is 10.3. The van der Waals surface area contributed by atoms with Gasteiger partial charge in [0.2, 0.25) is 0 Å². The summed E-state index contributed by atoms with van der Waals surface area (Å²) >= 11 is 5.24. The second kappa shape index (κ2) is 5.76. The van der Waals surface area contributed by atoms with E-state index in [2.05, 4.69) is 46.1 Å². The van der Waals surface area contributed by atoms with Gasteiger partial charge < -0.3 is 5.32 Å². The Balaban J connectivity index is 1.85. The standard InChI is InChI=1S/C13H15BrN2S/c1-9-5-13(17-10(9)2)8-15-7-12-4-3-11(14)6-16-12/h3-6,15H,7-8H2,1-2H3. The van der Waals surface area contributed by atoms with Crippen LogP contribution in [0.4, 0.5) is 0 Å². The van der Waals surface area contributed by atoms with Gasteiger partial charge in [-0.3, -0.25) is 4.98 Å². The Morgan fingerprint density at radius 2 is 2.12 bits per heavy atom. The lowest BCUT2D eigenvalue weighted by Gasteiger charge is -2.02. The molecular formula is C13H15BrN2S. The molecule has 0 aliphatic rings. The summed E-state index contributed by atoms with van der Waals surface area (Å²) in [5, 5.41) is 3.41. The molecule has 0 bridgehead atoms. The van der Waals surface area contributed by atoms with Crippen LogP contribution in [0.25, 0.3) is 0 Å². The fourth-order valence-electron chi connectivity index (χ4n) is 1.56. The molecule has 90 valence electrons. The van der Waals surface area contributed by atoms with Crippen LogP contribution in [0, 0.1) is 13.8 Å². The highest BCUT2D eigenvalue weighted by atomic mass is 79.9. The monoisotopic (exact) mass is 310 g/mol. The van der Waals surface area contributed by atoms with Crippen molar-refractivity contribution in [3.8, 4) is 0 Å². The third kappa shape index (κ3) is 3.63. The van der Waals surface area contributed by atoms with E-state index >= 15 is 0 Å². The summed E-state index contributed by atoms with van der Waals surface area (Å²) in [7, 11) is 0. The fraction of sp³-hybridized carbons (Fsp3) is 0.308. The van der Waals surface area contributed by atoms with Gasteiger partial charge in [-0.2, -0.15) is 0 Å². The summed E-state index contributed by atoms with van der Waals surface area (Å²) in [5.74, 6) is 0. The Kier molecular flexibility index (Phi) is 4.31. The maximum Gasteiger partial charge on any atom is 0.0542 e. The second-order valence-corrected chi connectivity index (χ2v) is 6.28. The molecule has 0 spiro atoms. The SMILES string of the molecule is Cc1cc(CNCc2ccc(Br)cn2)sc1C. The third-order valence-electron chi connectivity index (χ3n) is 2.61. The van der Waals surface area contributed by atoms with Crippen LogP contribution in [0.1, 0.15) is 21.0 Å². The first-order valence-electron chi connectivity index (χ1n) is 5.52. The Morgan fingerprint density at radius 3 is 2.71 bits per heavy atom. The molecule has 2 rings (SSSR count). The molecule has 0 amide bonds. The molecule has 0 aromatic carbocycles. The molecule has 2 nitrogen and oxygen atoms in total. The zero-order valence-corrected chi connectivity index (χ0v) is 12.4. The van der Waals surface area contributed by atoms with Gasteiger partial charge in [-0.15, -0.1) is 11.3 Å². The molecule has 0 aliphatic carbocycles. The summed E-state index contributed by atoms with van der Waals surface area (Å²) in [6.45, 7) is 6.05. The predicted molar refractivity (Wildman–Crippen MR) is 76.3 cm³/mol. The van der Waals surface area contributed by atoms with E-state index in [1.54, 1.807) is 0 Å². The number of aromatic nitrogens is 1. The Labute approximate surface area is 114 Å². The van der Waals surface area contributed by atoms with Crippen LogP contribution < -0.4 is 5.32 Å². The van der Waals surface area contributed by atoms with Gasteiger partial charge >= 0.3 is 0 Å². The maximum atomic E-state index is 4.33. The van der Waals surface area contributed by atoms with Gasteiger partial charge in [0.15, 0.2) is 0 Å². The quantitative estimate of drug-likeness (QED) is 0.928. The van der Waals surface area contributed by atoms with Crippen LogP contribution in [0.2, 0.25) is 0 Å². The average Bonchev–Trinajstić information content (AvgIpc) is 2.61. The van der Waals surface area contributed by atoms with Crippen LogP contribution in [0.15, 0.2) is 28.9 Å². The largest absolute Gasteiger partial charge is 0.306 e. The highest BCUT2D eigenvalue weighted by molar-refractivity contribution is 9.10. The number of hydrogen-bond donors (Lipinski definition) is 1. The van der Waals surface area contributed by atoms with Crippen molar-refractivity contribution in [1.82, 2.24) is 10.3 Å². The Hall–Kier alpha value is -0.710. The van der Waals surface area contributed by atoms with E-state index in [1.807, 2.05) is 29.7 Å². The van der Waals surface area contributed by atoms with E-state index in [0.29, 0.717) is 0 Å². The second-order valence-electron chi connectivity index (χ2n) is 4.02. The number of nitrogens with zero attached hydrogens (tertiary/aromatic N) is 1. The summed E-state index contributed by atoms with van der Waals surface area (Å²) in [6, 6.07) is 6.30. The zero-order chi connectivity index (χ0) is 12.3. The van der Waals surface area contributed by atoms with Crippen molar-refractivity contribution < 1.29 is 0 Å². The Bertz CT molecular complexity index is 471. The number of aryl methyl sites for hydroxylation is 2. The highest BCUT2D eigenvalue weighted by Crippen LogP contribution is 2.20. The minimum Gasteiger partial charge on any atom is -0.306 e. The number of hydrogen-bond acceptors (Lipinski definition) is 3. The summed E-state index contributed by atoms with van der Waals surface area (Å²) in [5.41, 5.74) is 2.45. The van der Waals surface area contributed by atoms with Crippen LogP contribution >= 0.6 is 27.3 Å². The number of rotatable bonds is 4. The smallest absolute Gasteiger partial charge is 0.0542 e. The van der Waals surface area contributed by atoms with Crippen molar-refractivity contribution in [1.29, 1.82) is 0 Å². The zero-order valence-electron chi connectivity index (χ0n) is 9.96. The number of pyridine rings is 1. The molecule has 2 aromatic rings. The van der Waals surface area contributed by atoms with Crippen molar-refractivity contribution in [3.05, 3.63) is 49.9 Å². The van der Waals surface area contributed by atoms with Crippen molar-refractivity contribution in [2.24, 2.45) is 0 Å². The molecule has 0 saturated carbocycles. The molecular weight excluding hydrogens is 296 g/mol. The van der Waals surface area contributed by atoms with Gasteiger partial charge in [0.1, 0.15) is 0 Å². The van der Waals surface area contributed by atoms with Gasteiger partial charge in [0.05, 0.1) is 5.69 Å². The number of nitrogens with one attached hydrogen (secondary N) is 1. The minimum atomic E-state index is 0.809. The molecule has 0 aliphatic heterocycles. The van der Waals surface area contributed by atoms with Gasteiger partial charge in [-0.1, -0.05) is 0 Å². The predicted octanol–water partition coefficient (Wildman–Crippen LogP) is 3.81. The van der Waals surface area contributed by atoms with E-state index in [-0.39, 0.29) is 0 Å². The fourth-order valence-corrected chi connectivity index (χ4v) is 2.82. The summed E-state index contributed by atoms with van der Waals surface area (Å²) in [6.07, 6.45) is 1.83. The van der Waals surface area contributed by atoms with Gasteiger partial charge in [-0.25, -0.2) is 0 Å². The molecule has 4 heteroatoms. The van der Waals surface area contributed by atoms with Crippen molar-refractivity contribution in [2.75, 3.05) is 0 Å². The van der Waals surface area contributed by atoms with E-state index in [4.69, 9.17) is 0 Å². The van der Waals surface area contributed by atoms with Crippen molar-refractivity contribution >= 4 is 27.3 Å². The molecule has 0 unspecified atom stereocenters. The van der Waals surface area contributed by atoms with Gasteiger partial charge in [0.25, 0.3) is 0 Å². The molecule has 17 heavy (non-hydrogen) atoms. The van der Waals surface area contributed by atoms with E-state index in [0.717, 1.165) is 23.3 Å². The summed E-state index contributed by atoms with van der Waals surface area (Å²) < 4.78 is 1.02. The third-order valence-corrected chi connectivity index (χ3v) is 4.23. The minimum absolute atomic E-state index is 0.809. The first-order valence-corrected chi connectivity index (χ1v) is 7.13. The highest BCUT2D eigenvalue weighted by Gasteiger charge is 2.01. The van der Waals surface area contributed by atoms with Gasteiger partial charge in [0, 0.05) is 33.5 Å². The van der Waals surface area contributed by atoms with Crippen LogP contribution in [-0.4, -0.2) is 4.98 Å². The van der Waals surface area contributed by atoms with E-state index in [9.17, 15) is 0 Å². The molecule has 2 heterocycles. The normalized spacial score (nSPS) is 10.8. The van der Waals surface area contributed by atoms with Crippen molar-refractivity contribution in [2.45, 2.75) is 26.9 Å². The molecule has 1 N–H and O–H groups in total.